The number of aliphatic carboxylic acids is 1. The number of benzene rings is 1. The zero-order chi connectivity index (χ0) is 48.8. The van der Waals surface area contributed by atoms with Crippen LogP contribution in [-0.2, 0) is 49.5 Å². The average Bonchev–Trinajstić information content (AvgIpc) is 3.76. The van der Waals surface area contributed by atoms with Crippen molar-refractivity contribution in [2.24, 2.45) is 17.8 Å². The molecule has 1 aromatic rings. The van der Waals surface area contributed by atoms with E-state index in [2.05, 4.69) is 38.5 Å². The number of methoxy groups -OCH3 is 2. The van der Waals surface area contributed by atoms with Crippen LogP contribution in [0.2, 0.25) is 0 Å². The number of nitrogens with one attached hydrogen (secondary N) is 3. The molecule has 1 heterocycles. The lowest BCUT2D eigenvalue weighted by Gasteiger charge is -2.41. The van der Waals surface area contributed by atoms with Crippen LogP contribution < -0.4 is 16.0 Å². The molecule has 0 radical (unpaired) electrons. The highest BCUT2D eigenvalue weighted by molar-refractivity contribution is 9.12. The minimum absolute atomic E-state index is 0.0526. The molecule has 0 aromatic heterocycles. The first-order valence-corrected chi connectivity index (χ1v) is 24.0. The van der Waals surface area contributed by atoms with Crippen molar-refractivity contribution < 1.29 is 48.1 Å². The predicted octanol–water partition coefficient (Wildman–Crippen LogP) is 5.07. The second-order valence-corrected chi connectivity index (χ2v) is 18.5. The molecule has 0 saturated carbocycles. The lowest BCUT2D eigenvalue weighted by Crippen LogP contribution is -2.57. The van der Waals surface area contributed by atoms with Crippen molar-refractivity contribution in [2.45, 2.75) is 149 Å². The molecule has 6 amide bonds. The van der Waals surface area contributed by atoms with E-state index in [4.69, 9.17) is 9.47 Å². The molecule has 4 N–H and O–H groups in total. The molecule has 2 rings (SSSR count). The number of hydrogen-bond acceptors (Lipinski definition) is 9. The summed E-state index contributed by atoms with van der Waals surface area (Å²) in [7, 11) is 4.61. The predicted molar refractivity (Wildman–Crippen MR) is 254 cm³/mol. The largest absolute Gasteiger partial charge is 0.480 e. The lowest BCUT2D eigenvalue weighted by molar-refractivity contribution is -0.148. The Hall–Kier alpha value is -4.35. The molecule has 16 nitrogen and oxygen atoms in total. The Kier molecular flexibility index (Phi) is 25.6. The fourth-order valence-corrected chi connectivity index (χ4v) is 8.80. The number of halogens is 1. The monoisotopic (exact) mass is 976 g/mol. The maximum Gasteiger partial charge on any atom is 0.326 e. The number of carboxylic acids is 1. The third kappa shape index (κ3) is 17.8. The summed E-state index contributed by atoms with van der Waals surface area (Å²) < 4.78 is 12.2. The number of ether oxygens (including phenoxy) is 2. The van der Waals surface area contributed by atoms with Gasteiger partial charge in [-0.15, -0.1) is 0 Å². The van der Waals surface area contributed by atoms with E-state index in [0.29, 0.717) is 64.6 Å². The SMILES string of the molecule is C=C(Br)C(=O)NCCCCCC(=O)N(C)[C@H](C(=O)NCC(=O)N(CCCC)[C@@H]([C@@H](C)CC)[C@@H](CC(=O)N1CCC[C@H]1[C@H](OC)[C@@H](C)C(=O)N[C@@H](Cc1ccccc1)C(=O)O)OC)C(C)C. The summed E-state index contributed by atoms with van der Waals surface area (Å²) in [6, 6.07) is 6.10. The molecule has 65 heavy (non-hydrogen) atoms. The van der Waals surface area contributed by atoms with E-state index >= 15 is 0 Å². The normalized spacial score (nSPS) is 16.9. The number of likely N-dealkylation sites (N-methyl/N-ethyl adjacent to an activating group) is 1. The van der Waals surface area contributed by atoms with Gasteiger partial charge in [0.25, 0.3) is 5.91 Å². The van der Waals surface area contributed by atoms with Gasteiger partial charge in [0.15, 0.2) is 0 Å². The van der Waals surface area contributed by atoms with Gasteiger partial charge >= 0.3 is 5.97 Å². The Labute approximate surface area is 395 Å². The summed E-state index contributed by atoms with van der Waals surface area (Å²) in [6.45, 7) is 15.9. The highest BCUT2D eigenvalue weighted by Crippen LogP contribution is 2.30. The number of hydrogen-bond donors (Lipinski definition) is 4. The topological polar surface area (TPSA) is 204 Å². The molecule has 0 aliphatic carbocycles. The number of amides is 6. The molecule has 1 saturated heterocycles. The Morgan fingerprint density at radius 1 is 0.923 bits per heavy atom. The Morgan fingerprint density at radius 2 is 1.60 bits per heavy atom. The number of carbonyl (C=O) groups excluding carboxylic acids is 6. The Morgan fingerprint density at radius 3 is 2.17 bits per heavy atom. The van der Waals surface area contributed by atoms with Crippen molar-refractivity contribution >= 4 is 57.3 Å². The van der Waals surface area contributed by atoms with Crippen molar-refractivity contribution in [1.82, 2.24) is 30.7 Å². The first-order valence-electron chi connectivity index (χ1n) is 23.2. The molecule has 8 atom stereocenters. The van der Waals surface area contributed by atoms with Gasteiger partial charge in [-0.05, 0) is 65.4 Å². The molecule has 17 heteroatoms. The third-order valence-corrected chi connectivity index (χ3v) is 12.9. The lowest BCUT2D eigenvalue weighted by atomic mass is 9.89. The van der Waals surface area contributed by atoms with E-state index < -0.39 is 60.1 Å². The van der Waals surface area contributed by atoms with Gasteiger partial charge in [0.05, 0.1) is 47.7 Å². The standard InChI is InChI=1S/C48H77BrN6O10/c1-11-13-26-55(41(58)30-51-47(61)42(31(3)4)53(8)39(56)24-18-15-19-25-50-46(60)34(7)49)43(32(5)12-2)38(64-9)29-40(57)54-27-20-23-37(54)44(65-10)33(6)45(59)52-36(48(62)63)28-35-21-16-14-17-22-35/h14,16-17,21-22,31-33,36-38,42-44H,7,11-13,15,18-20,23-30H2,1-6,8-10H3,(H,50,60)(H,51,61)(H,52,59)(H,62,63)/t32-,33+,36-,37-,38+,42-,43-,44+/m0/s1. The minimum atomic E-state index is -1.16. The van der Waals surface area contributed by atoms with Gasteiger partial charge in [0.2, 0.25) is 29.5 Å². The molecule has 1 aliphatic rings. The summed E-state index contributed by atoms with van der Waals surface area (Å²) in [4.78, 5) is 97.9. The van der Waals surface area contributed by atoms with E-state index in [0.717, 1.165) is 12.0 Å². The molecule has 1 aromatic carbocycles. The van der Waals surface area contributed by atoms with Gasteiger partial charge < -0.3 is 45.2 Å². The summed E-state index contributed by atoms with van der Waals surface area (Å²) in [5.74, 6) is -4.24. The molecule has 0 unspecified atom stereocenters. The van der Waals surface area contributed by atoms with E-state index in [9.17, 15) is 38.7 Å². The smallest absolute Gasteiger partial charge is 0.326 e. The van der Waals surface area contributed by atoms with Gasteiger partial charge in [-0.3, -0.25) is 28.8 Å². The van der Waals surface area contributed by atoms with Crippen LogP contribution in [0.15, 0.2) is 41.4 Å². The maximum atomic E-state index is 14.4. The van der Waals surface area contributed by atoms with E-state index in [1.165, 1.54) is 19.1 Å². The van der Waals surface area contributed by atoms with Crippen LogP contribution in [0.3, 0.4) is 0 Å². The number of likely N-dealkylation sites (tertiary alicyclic amines) is 1. The number of rotatable bonds is 30. The average molecular weight is 978 g/mol. The van der Waals surface area contributed by atoms with Crippen LogP contribution in [-0.4, -0.2) is 145 Å². The van der Waals surface area contributed by atoms with Gasteiger partial charge in [-0.1, -0.05) is 97.7 Å². The molecular weight excluding hydrogens is 900 g/mol. The van der Waals surface area contributed by atoms with E-state index in [1.807, 2.05) is 52.8 Å². The third-order valence-electron chi connectivity index (χ3n) is 12.5. The van der Waals surface area contributed by atoms with Crippen molar-refractivity contribution in [2.75, 3.05) is 47.4 Å². The first-order chi connectivity index (χ1) is 30.8. The fourth-order valence-electron chi connectivity index (χ4n) is 8.66. The Bertz CT molecular complexity index is 1720. The fraction of sp³-hybridized carbons (Fsp3) is 0.688. The number of nitrogens with zero attached hydrogens (tertiary/aromatic N) is 3. The van der Waals surface area contributed by atoms with Gasteiger partial charge in [-0.25, -0.2) is 4.79 Å². The molecule has 1 fully saturated rings. The van der Waals surface area contributed by atoms with Crippen molar-refractivity contribution in [3.05, 3.63) is 47.0 Å². The summed E-state index contributed by atoms with van der Waals surface area (Å²) >= 11 is 3.05. The summed E-state index contributed by atoms with van der Waals surface area (Å²) in [5.41, 5.74) is 0.769. The van der Waals surface area contributed by atoms with Crippen molar-refractivity contribution in [1.29, 1.82) is 0 Å². The molecule has 366 valence electrons. The van der Waals surface area contributed by atoms with E-state index in [-0.39, 0.29) is 65.8 Å². The van der Waals surface area contributed by atoms with Crippen LogP contribution in [0.25, 0.3) is 0 Å². The van der Waals surface area contributed by atoms with E-state index in [1.54, 1.807) is 35.9 Å². The Balaban J connectivity index is 2.20. The zero-order valence-electron chi connectivity index (χ0n) is 40.2. The quantitative estimate of drug-likeness (QED) is 0.0595. The second-order valence-electron chi connectivity index (χ2n) is 17.6. The second kappa shape index (κ2) is 29.3. The van der Waals surface area contributed by atoms with Crippen LogP contribution in [0, 0.1) is 17.8 Å². The highest BCUT2D eigenvalue weighted by atomic mass is 79.9. The van der Waals surface area contributed by atoms with Crippen molar-refractivity contribution in [3.63, 3.8) is 0 Å². The molecular formula is C48H77BrN6O10. The molecule has 0 spiro atoms. The van der Waals surface area contributed by atoms with Crippen LogP contribution in [0.5, 0.6) is 0 Å². The zero-order valence-corrected chi connectivity index (χ0v) is 41.8. The van der Waals surface area contributed by atoms with Crippen LogP contribution in [0.1, 0.15) is 111 Å². The van der Waals surface area contributed by atoms with Crippen molar-refractivity contribution in [3.8, 4) is 0 Å². The number of unbranched alkanes of at least 4 members (excludes halogenated alkanes) is 3. The molecule has 1 aliphatic heterocycles. The number of carbonyl (C=O) groups is 7. The number of carboxylic acid groups (broad SMARTS) is 1. The van der Waals surface area contributed by atoms with Crippen LogP contribution >= 0.6 is 15.9 Å². The van der Waals surface area contributed by atoms with Gasteiger partial charge in [0.1, 0.15) is 12.1 Å². The maximum absolute atomic E-state index is 14.4. The highest BCUT2D eigenvalue weighted by Gasteiger charge is 2.43. The van der Waals surface area contributed by atoms with Gasteiger partial charge in [-0.2, -0.15) is 0 Å². The van der Waals surface area contributed by atoms with Crippen LogP contribution in [0.4, 0.5) is 0 Å². The van der Waals surface area contributed by atoms with Gasteiger partial charge in [0, 0.05) is 53.7 Å². The minimum Gasteiger partial charge on any atom is -0.480 e. The summed E-state index contributed by atoms with van der Waals surface area (Å²) in [6.07, 6.45) is 4.23. The first kappa shape index (κ1) is 56.8. The summed E-state index contributed by atoms with van der Waals surface area (Å²) in [5, 5.41) is 18.2. The molecule has 0 bridgehead atoms.